The summed E-state index contributed by atoms with van der Waals surface area (Å²) in [6.45, 7) is 0.299. The Balaban J connectivity index is 2.32. The molecule has 76 valence electrons. The molecule has 1 aliphatic carbocycles. The first-order valence-corrected chi connectivity index (χ1v) is 4.19. The first-order valence-electron chi connectivity index (χ1n) is 4.19. The van der Waals surface area contributed by atoms with Gasteiger partial charge in [0.2, 0.25) is 0 Å². The predicted molar refractivity (Wildman–Crippen MR) is 46.3 cm³/mol. The van der Waals surface area contributed by atoms with E-state index < -0.39 is 4.92 Å². The molecule has 2 rings (SSSR count). The Kier molecular flexibility index (Phi) is 1.97. The molecule has 0 aliphatic heterocycles. The van der Waals surface area contributed by atoms with Crippen molar-refractivity contribution in [1.29, 1.82) is 0 Å². The van der Waals surface area contributed by atoms with Crippen LogP contribution in [0, 0.1) is 10.1 Å². The molecule has 0 atom stereocenters. The van der Waals surface area contributed by atoms with Crippen LogP contribution < -0.4 is 5.90 Å². The number of H-pyrrole nitrogens is 1. The second-order valence-electron chi connectivity index (χ2n) is 3.48. The molecule has 0 spiro atoms. The molecule has 3 N–H and O–H groups in total. The third-order valence-electron chi connectivity index (χ3n) is 2.59. The third-order valence-corrected chi connectivity index (χ3v) is 2.59. The molecule has 1 heterocycles. The van der Waals surface area contributed by atoms with E-state index in [4.69, 9.17) is 5.90 Å². The number of aromatic nitrogens is 2. The molecule has 0 radical (unpaired) electrons. The molecule has 0 amide bonds. The molecule has 1 aromatic heterocycles. The molecular weight excluding hydrogens is 188 g/mol. The maximum Gasteiger partial charge on any atom is 0.346 e. The molecule has 1 aliphatic rings. The number of nitrogens with zero attached hydrogens (tertiary/aromatic N) is 2. The van der Waals surface area contributed by atoms with E-state index in [0.29, 0.717) is 12.2 Å². The number of hydrogen-bond donors (Lipinski definition) is 2. The molecule has 1 saturated carbocycles. The molecule has 0 bridgehead atoms. The summed E-state index contributed by atoms with van der Waals surface area (Å²) in [5.41, 5.74) is 0.303. The van der Waals surface area contributed by atoms with Crippen LogP contribution in [0.1, 0.15) is 18.4 Å². The zero-order valence-electron chi connectivity index (χ0n) is 7.40. The normalized spacial score (nSPS) is 18.1. The Hall–Kier alpha value is -1.47. The van der Waals surface area contributed by atoms with E-state index in [1.165, 1.54) is 6.20 Å². The lowest BCUT2D eigenvalue weighted by molar-refractivity contribution is -0.390. The van der Waals surface area contributed by atoms with Crippen molar-refractivity contribution in [1.82, 2.24) is 10.2 Å². The summed E-state index contributed by atoms with van der Waals surface area (Å²) >= 11 is 0. The van der Waals surface area contributed by atoms with Gasteiger partial charge < -0.3 is 15.0 Å². The van der Waals surface area contributed by atoms with E-state index >= 15 is 0 Å². The smallest absolute Gasteiger partial charge is 0.346 e. The van der Waals surface area contributed by atoms with E-state index in [2.05, 4.69) is 15.0 Å². The number of nitrogens with two attached hydrogens (primary N) is 1. The Morgan fingerprint density at radius 2 is 2.50 bits per heavy atom. The van der Waals surface area contributed by atoms with Gasteiger partial charge >= 0.3 is 5.82 Å². The number of hydrogen-bond acceptors (Lipinski definition) is 5. The molecule has 7 nitrogen and oxygen atoms in total. The summed E-state index contributed by atoms with van der Waals surface area (Å²) in [6.07, 6.45) is 3.18. The van der Waals surface area contributed by atoms with Crippen LogP contribution in [0.4, 0.5) is 5.82 Å². The Labute approximate surface area is 79.3 Å². The molecule has 1 aromatic rings. The zero-order chi connectivity index (χ0) is 10.2. The first kappa shape index (κ1) is 9.10. The summed E-state index contributed by atoms with van der Waals surface area (Å²) in [6, 6.07) is 0. The minimum absolute atomic E-state index is 0.0560. The van der Waals surface area contributed by atoms with Gasteiger partial charge in [-0.25, -0.2) is 5.90 Å². The predicted octanol–water partition coefficient (Wildman–Crippen LogP) is 0.240. The average molecular weight is 198 g/mol. The highest BCUT2D eigenvalue weighted by atomic mass is 16.6. The van der Waals surface area contributed by atoms with Gasteiger partial charge in [-0.2, -0.15) is 0 Å². The Bertz CT molecular complexity index is 358. The summed E-state index contributed by atoms with van der Waals surface area (Å²) < 4.78 is 0. The summed E-state index contributed by atoms with van der Waals surface area (Å²) in [5.74, 6) is 4.93. The van der Waals surface area contributed by atoms with Gasteiger partial charge in [0.15, 0.2) is 0 Å². The van der Waals surface area contributed by atoms with Crippen molar-refractivity contribution < 1.29 is 9.76 Å². The van der Waals surface area contributed by atoms with Crippen molar-refractivity contribution in [2.24, 2.45) is 5.90 Å². The molecule has 14 heavy (non-hydrogen) atoms. The van der Waals surface area contributed by atoms with Crippen LogP contribution in [0.15, 0.2) is 6.20 Å². The quantitative estimate of drug-likeness (QED) is 0.532. The van der Waals surface area contributed by atoms with Crippen molar-refractivity contribution in [3.63, 3.8) is 0 Å². The fourth-order valence-electron chi connectivity index (χ4n) is 1.61. The van der Waals surface area contributed by atoms with E-state index in [1.807, 2.05) is 0 Å². The van der Waals surface area contributed by atoms with Crippen molar-refractivity contribution in [3.05, 3.63) is 21.9 Å². The molecule has 0 aromatic carbocycles. The van der Waals surface area contributed by atoms with Gasteiger partial charge in [-0.05, 0) is 17.8 Å². The first-order chi connectivity index (χ1) is 6.69. The van der Waals surface area contributed by atoms with Crippen LogP contribution in [0.3, 0.4) is 0 Å². The summed E-state index contributed by atoms with van der Waals surface area (Å²) in [7, 11) is 0. The van der Waals surface area contributed by atoms with E-state index in [9.17, 15) is 10.1 Å². The monoisotopic (exact) mass is 198 g/mol. The average Bonchev–Trinajstić information content (AvgIpc) is 2.76. The van der Waals surface area contributed by atoms with Gasteiger partial charge in [-0.1, -0.05) is 5.10 Å². The van der Waals surface area contributed by atoms with Gasteiger partial charge in [0.25, 0.3) is 0 Å². The highest BCUT2D eigenvalue weighted by molar-refractivity contribution is 5.41. The highest BCUT2D eigenvalue weighted by Crippen LogP contribution is 2.50. The molecular formula is C7H10N4O3. The molecule has 0 unspecified atom stereocenters. The topological polar surface area (TPSA) is 107 Å². The summed E-state index contributed by atoms with van der Waals surface area (Å²) in [4.78, 5) is 14.7. The fraction of sp³-hybridized carbons (Fsp3) is 0.571. The highest BCUT2D eigenvalue weighted by Gasteiger charge is 2.49. The second kappa shape index (κ2) is 3.03. The number of nitrogens with one attached hydrogen (secondary N) is 1. The second-order valence-corrected chi connectivity index (χ2v) is 3.48. The standard InChI is InChI=1S/C7H10N4O3/c8-14-4-7(1-2-7)5-3-9-10-6(5)11(12)13/h3H,1-2,4,8H2,(H,9,10). The van der Waals surface area contributed by atoms with Crippen LogP contribution >= 0.6 is 0 Å². The van der Waals surface area contributed by atoms with Crippen molar-refractivity contribution in [2.75, 3.05) is 6.61 Å². The van der Waals surface area contributed by atoms with Crippen LogP contribution in [0.5, 0.6) is 0 Å². The molecule has 7 heteroatoms. The number of rotatable bonds is 4. The Morgan fingerprint density at radius 3 is 3.00 bits per heavy atom. The van der Waals surface area contributed by atoms with Crippen LogP contribution in [-0.2, 0) is 10.3 Å². The fourth-order valence-corrected chi connectivity index (χ4v) is 1.61. The lowest BCUT2D eigenvalue weighted by Crippen LogP contribution is -2.18. The third kappa shape index (κ3) is 1.26. The SMILES string of the molecule is NOCC1(c2cn[nH]c2[N+](=O)[O-])CC1. The van der Waals surface area contributed by atoms with Crippen molar-refractivity contribution >= 4 is 5.82 Å². The maximum atomic E-state index is 10.6. The Morgan fingerprint density at radius 1 is 1.79 bits per heavy atom. The zero-order valence-corrected chi connectivity index (χ0v) is 7.40. The molecule has 1 fully saturated rings. The van der Waals surface area contributed by atoms with Gasteiger partial charge in [0, 0.05) is 5.41 Å². The lowest BCUT2D eigenvalue weighted by atomic mass is 10.00. The van der Waals surface area contributed by atoms with Crippen LogP contribution in [0.2, 0.25) is 0 Å². The van der Waals surface area contributed by atoms with Gasteiger partial charge in [0.1, 0.15) is 0 Å². The largest absolute Gasteiger partial charge is 0.358 e. The number of aromatic amines is 1. The van der Waals surface area contributed by atoms with Gasteiger partial charge in [-0.15, -0.1) is 5.10 Å². The van der Waals surface area contributed by atoms with Gasteiger partial charge in [-0.3, -0.25) is 0 Å². The summed E-state index contributed by atoms with van der Waals surface area (Å²) in [5, 5.41) is 16.7. The maximum absolute atomic E-state index is 10.6. The van der Waals surface area contributed by atoms with Crippen molar-refractivity contribution in [2.45, 2.75) is 18.3 Å². The molecule has 0 saturated heterocycles. The van der Waals surface area contributed by atoms with Crippen LogP contribution in [0.25, 0.3) is 0 Å². The van der Waals surface area contributed by atoms with E-state index in [-0.39, 0.29) is 11.2 Å². The lowest BCUT2D eigenvalue weighted by Gasteiger charge is -2.09. The van der Waals surface area contributed by atoms with Crippen LogP contribution in [-0.4, -0.2) is 21.7 Å². The minimum atomic E-state index is -0.473. The van der Waals surface area contributed by atoms with E-state index in [1.54, 1.807) is 0 Å². The van der Waals surface area contributed by atoms with Crippen molar-refractivity contribution in [3.8, 4) is 0 Å². The minimum Gasteiger partial charge on any atom is -0.358 e. The van der Waals surface area contributed by atoms with Gasteiger partial charge in [0.05, 0.1) is 18.4 Å². The van der Waals surface area contributed by atoms with E-state index in [0.717, 1.165) is 12.8 Å². The number of nitro groups is 1.